The molecule has 0 amide bonds. The minimum atomic E-state index is 0.385. The molecule has 3 heteroatoms. The molecule has 1 fully saturated rings. The summed E-state index contributed by atoms with van der Waals surface area (Å²) in [7, 11) is 1.77. The predicted octanol–water partition coefficient (Wildman–Crippen LogP) is 4.58. The number of hydrogen-bond donors (Lipinski definition) is 1. The fourth-order valence-electron chi connectivity index (χ4n) is 3.16. The Kier molecular flexibility index (Phi) is 6.91. The Balaban J connectivity index is 1.98. The van der Waals surface area contributed by atoms with Crippen molar-refractivity contribution in [2.45, 2.75) is 45.6 Å². The summed E-state index contributed by atoms with van der Waals surface area (Å²) in [5, 5.41) is 3.63. The maximum Gasteiger partial charge on any atom is 0.123 e. The van der Waals surface area contributed by atoms with Crippen LogP contribution >= 0.6 is 11.8 Å². The number of rotatable bonds is 8. The van der Waals surface area contributed by atoms with Crippen LogP contribution in [0.2, 0.25) is 0 Å². The van der Waals surface area contributed by atoms with Gasteiger partial charge in [0, 0.05) is 17.4 Å². The molecule has 0 heterocycles. The van der Waals surface area contributed by atoms with Crippen molar-refractivity contribution in [2.75, 3.05) is 25.2 Å². The summed E-state index contributed by atoms with van der Waals surface area (Å²) in [6, 6.07) is 6.87. The highest BCUT2D eigenvalue weighted by molar-refractivity contribution is 7.99. The number of benzene rings is 1. The third-order valence-corrected chi connectivity index (χ3v) is 5.60. The highest BCUT2D eigenvalue weighted by atomic mass is 32.2. The Labute approximate surface area is 134 Å². The second-order valence-corrected chi connectivity index (χ2v) is 7.12. The van der Waals surface area contributed by atoms with Crippen molar-refractivity contribution in [2.24, 2.45) is 5.92 Å². The van der Waals surface area contributed by atoms with Crippen LogP contribution in [0.1, 0.15) is 49.8 Å². The molecule has 1 atom stereocenters. The zero-order valence-electron chi connectivity index (χ0n) is 13.7. The summed E-state index contributed by atoms with van der Waals surface area (Å²) in [4.78, 5) is 0. The Morgan fingerprint density at radius 2 is 2.10 bits per heavy atom. The molecule has 1 unspecified atom stereocenters. The van der Waals surface area contributed by atoms with Crippen LogP contribution < -0.4 is 10.1 Å². The Morgan fingerprint density at radius 3 is 2.76 bits per heavy atom. The SMILES string of the molecule is CCNC(CSCC1CCCC1)c1cc(C)ccc1OC. The summed E-state index contributed by atoms with van der Waals surface area (Å²) >= 11 is 2.10. The Morgan fingerprint density at radius 1 is 1.33 bits per heavy atom. The first-order chi connectivity index (χ1) is 10.2. The molecule has 0 radical (unpaired) electrons. The van der Waals surface area contributed by atoms with Crippen molar-refractivity contribution < 1.29 is 4.74 Å². The molecule has 1 N–H and O–H groups in total. The molecule has 1 aliphatic rings. The van der Waals surface area contributed by atoms with Crippen molar-refractivity contribution in [1.29, 1.82) is 0 Å². The van der Waals surface area contributed by atoms with Crippen LogP contribution in [0.25, 0.3) is 0 Å². The summed E-state index contributed by atoms with van der Waals surface area (Å²) in [5.74, 6) is 4.41. The summed E-state index contributed by atoms with van der Waals surface area (Å²) < 4.78 is 5.56. The molecular formula is C18H29NOS. The molecule has 118 valence electrons. The molecular weight excluding hydrogens is 278 g/mol. The first-order valence-corrected chi connectivity index (χ1v) is 9.35. The Bertz CT molecular complexity index is 429. The highest BCUT2D eigenvalue weighted by Crippen LogP contribution is 2.32. The van der Waals surface area contributed by atoms with E-state index >= 15 is 0 Å². The van der Waals surface area contributed by atoms with Crippen LogP contribution in [0.3, 0.4) is 0 Å². The quantitative estimate of drug-likeness (QED) is 0.759. The van der Waals surface area contributed by atoms with E-state index in [2.05, 4.69) is 49.1 Å². The normalized spacial score (nSPS) is 17.1. The van der Waals surface area contributed by atoms with Gasteiger partial charge in [-0.05, 0) is 44.0 Å². The zero-order chi connectivity index (χ0) is 15.1. The van der Waals surface area contributed by atoms with Crippen LogP contribution in [0, 0.1) is 12.8 Å². The lowest BCUT2D eigenvalue weighted by Gasteiger charge is -2.21. The second kappa shape index (κ2) is 8.70. The minimum Gasteiger partial charge on any atom is -0.496 e. The minimum absolute atomic E-state index is 0.385. The van der Waals surface area contributed by atoms with E-state index in [1.807, 2.05) is 0 Å². The van der Waals surface area contributed by atoms with E-state index in [1.165, 1.54) is 42.6 Å². The van der Waals surface area contributed by atoms with Crippen molar-refractivity contribution in [3.63, 3.8) is 0 Å². The third kappa shape index (κ3) is 4.93. The van der Waals surface area contributed by atoms with E-state index in [0.717, 1.165) is 24.0 Å². The van der Waals surface area contributed by atoms with Gasteiger partial charge in [0.2, 0.25) is 0 Å². The van der Waals surface area contributed by atoms with Crippen LogP contribution in [0.4, 0.5) is 0 Å². The van der Waals surface area contributed by atoms with Crippen LogP contribution in [-0.2, 0) is 0 Å². The average Bonchev–Trinajstić information content (AvgIpc) is 2.99. The van der Waals surface area contributed by atoms with Gasteiger partial charge in [0.1, 0.15) is 5.75 Å². The number of nitrogens with one attached hydrogen (secondary N) is 1. The largest absolute Gasteiger partial charge is 0.496 e. The van der Waals surface area contributed by atoms with E-state index in [0.29, 0.717) is 6.04 Å². The second-order valence-electron chi connectivity index (χ2n) is 6.04. The molecule has 0 aliphatic heterocycles. The van der Waals surface area contributed by atoms with Crippen LogP contribution in [-0.4, -0.2) is 25.2 Å². The molecule has 2 nitrogen and oxygen atoms in total. The number of hydrogen-bond acceptors (Lipinski definition) is 3. The maximum atomic E-state index is 5.56. The van der Waals surface area contributed by atoms with Gasteiger partial charge < -0.3 is 10.1 Å². The topological polar surface area (TPSA) is 21.3 Å². The molecule has 1 aromatic carbocycles. The van der Waals surface area contributed by atoms with Crippen molar-refractivity contribution in [3.8, 4) is 5.75 Å². The van der Waals surface area contributed by atoms with E-state index in [1.54, 1.807) is 7.11 Å². The fourth-order valence-corrected chi connectivity index (χ4v) is 4.50. The van der Waals surface area contributed by atoms with E-state index < -0.39 is 0 Å². The van der Waals surface area contributed by atoms with Gasteiger partial charge in [0.25, 0.3) is 0 Å². The van der Waals surface area contributed by atoms with Gasteiger partial charge in [0.05, 0.1) is 7.11 Å². The number of thioether (sulfide) groups is 1. The van der Waals surface area contributed by atoms with Gasteiger partial charge in [-0.1, -0.05) is 37.5 Å². The molecule has 1 aromatic rings. The number of methoxy groups -OCH3 is 1. The van der Waals surface area contributed by atoms with Crippen LogP contribution in [0.15, 0.2) is 18.2 Å². The van der Waals surface area contributed by atoms with Crippen molar-refractivity contribution >= 4 is 11.8 Å². The monoisotopic (exact) mass is 307 g/mol. The summed E-state index contributed by atoms with van der Waals surface area (Å²) in [5.41, 5.74) is 2.60. The van der Waals surface area contributed by atoms with E-state index in [-0.39, 0.29) is 0 Å². The van der Waals surface area contributed by atoms with Crippen molar-refractivity contribution in [1.82, 2.24) is 5.32 Å². The Hall–Kier alpha value is -0.670. The number of ether oxygens (including phenoxy) is 1. The molecule has 1 saturated carbocycles. The molecule has 21 heavy (non-hydrogen) atoms. The highest BCUT2D eigenvalue weighted by Gasteiger charge is 2.18. The zero-order valence-corrected chi connectivity index (χ0v) is 14.5. The summed E-state index contributed by atoms with van der Waals surface area (Å²) in [6.07, 6.45) is 5.75. The summed E-state index contributed by atoms with van der Waals surface area (Å²) in [6.45, 7) is 5.32. The first-order valence-electron chi connectivity index (χ1n) is 8.20. The lowest BCUT2D eigenvalue weighted by molar-refractivity contribution is 0.403. The third-order valence-electron chi connectivity index (χ3n) is 4.32. The van der Waals surface area contributed by atoms with Gasteiger partial charge >= 0.3 is 0 Å². The lowest BCUT2D eigenvalue weighted by atomic mass is 10.0. The molecule has 1 aliphatic carbocycles. The van der Waals surface area contributed by atoms with E-state index in [9.17, 15) is 0 Å². The van der Waals surface area contributed by atoms with Gasteiger partial charge in [-0.25, -0.2) is 0 Å². The molecule has 0 saturated heterocycles. The van der Waals surface area contributed by atoms with Gasteiger partial charge in [-0.3, -0.25) is 0 Å². The van der Waals surface area contributed by atoms with Crippen LogP contribution in [0.5, 0.6) is 5.75 Å². The maximum absolute atomic E-state index is 5.56. The van der Waals surface area contributed by atoms with E-state index in [4.69, 9.17) is 4.74 Å². The van der Waals surface area contributed by atoms with Gasteiger partial charge in [-0.2, -0.15) is 11.8 Å². The fraction of sp³-hybridized carbons (Fsp3) is 0.667. The van der Waals surface area contributed by atoms with Gasteiger partial charge in [-0.15, -0.1) is 0 Å². The standard InChI is InChI=1S/C18H29NOS/c1-4-19-17(13-21-12-15-7-5-6-8-15)16-11-14(2)9-10-18(16)20-3/h9-11,15,17,19H,4-8,12-13H2,1-3H3. The predicted molar refractivity (Wildman–Crippen MR) is 93.4 cm³/mol. The smallest absolute Gasteiger partial charge is 0.123 e. The van der Waals surface area contributed by atoms with Gasteiger partial charge in [0.15, 0.2) is 0 Å². The average molecular weight is 308 g/mol. The molecule has 0 bridgehead atoms. The molecule has 0 aromatic heterocycles. The first kappa shape index (κ1) is 16.7. The molecule has 0 spiro atoms. The lowest BCUT2D eigenvalue weighted by Crippen LogP contribution is -2.24. The van der Waals surface area contributed by atoms with Crippen molar-refractivity contribution in [3.05, 3.63) is 29.3 Å². The number of aryl methyl sites for hydroxylation is 1. The molecule has 2 rings (SSSR count).